The molecule has 0 aliphatic heterocycles. The lowest BCUT2D eigenvalue weighted by molar-refractivity contribution is -0.111. The molecule has 0 fully saturated rings. The summed E-state index contributed by atoms with van der Waals surface area (Å²) in [7, 11) is 0. The second-order valence-corrected chi connectivity index (χ2v) is 5.84. The quantitative estimate of drug-likeness (QED) is 0.491. The summed E-state index contributed by atoms with van der Waals surface area (Å²) in [5.74, 6) is -0.112. The predicted octanol–water partition coefficient (Wildman–Crippen LogP) is 5.43. The Kier molecular flexibility index (Phi) is 5.43. The number of hydrogen-bond donors (Lipinski definition) is 1. The minimum Gasteiger partial charge on any atom is -0.322 e. The van der Waals surface area contributed by atoms with Gasteiger partial charge in [0.15, 0.2) is 0 Å². The van der Waals surface area contributed by atoms with Gasteiger partial charge >= 0.3 is 0 Å². The van der Waals surface area contributed by atoms with Crippen molar-refractivity contribution in [3.05, 3.63) is 102 Å². The molecule has 0 aromatic heterocycles. The lowest BCUT2D eigenvalue weighted by Crippen LogP contribution is -2.13. The van der Waals surface area contributed by atoms with Crippen LogP contribution in [0.5, 0.6) is 0 Å². The fourth-order valence-corrected chi connectivity index (χ4v) is 2.64. The number of anilines is 1. The van der Waals surface area contributed by atoms with Gasteiger partial charge in [-0.1, -0.05) is 79.7 Å². The van der Waals surface area contributed by atoms with E-state index in [2.05, 4.69) is 12.2 Å². The Labute approximate surface area is 148 Å². The standard InChI is InChI=1S/C23H21NO/c1-2-18-13-15-21(16-14-18)24-23(25)22(20-11-7-4-8-12-20)17-19-9-5-3-6-10-19/h3-17H,2H2,1H3,(H,24,25)/b22-17+. The molecule has 3 aromatic carbocycles. The van der Waals surface area contributed by atoms with Gasteiger partial charge in [0.2, 0.25) is 0 Å². The summed E-state index contributed by atoms with van der Waals surface area (Å²) in [5, 5.41) is 3.00. The first kappa shape index (κ1) is 16.7. The number of amides is 1. The molecule has 2 nitrogen and oxygen atoms in total. The topological polar surface area (TPSA) is 29.1 Å². The molecule has 1 amide bonds. The molecule has 0 saturated carbocycles. The largest absolute Gasteiger partial charge is 0.322 e. The molecule has 25 heavy (non-hydrogen) atoms. The van der Waals surface area contributed by atoms with Gasteiger partial charge in [0.05, 0.1) is 0 Å². The highest BCUT2D eigenvalue weighted by atomic mass is 16.1. The van der Waals surface area contributed by atoms with E-state index >= 15 is 0 Å². The fourth-order valence-electron chi connectivity index (χ4n) is 2.64. The summed E-state index contributed by atoms with van der Waals surface area (Å²) in [6, 6.07) is 27.6. The molecular weight excluding hydrogens is 306 g/mol. The molecule has 0 aliphatic carbocycles. The number of nitrogens with one attached hydrogen (secondary N) is 1. The highest BCUT2D eigenvalue weighted by molar-refractivity contribution is 6.29. The number of aryl methyl sites for hydroxylation is 1. The molecule has 2 heteroatoms. The smallest absolute Gasteiger partial charge is 0.256 e. The minimum absolute atomic E-state index is 0.112. The van der Waals surface area contributed by atoms with Gasteiger partial charge in [-0.15, -0.1) is 0 Å². The molecule has 0 aliphatic rings. The minimum atomic E-state index is -0.112. The van der Waals surface area contributed by atoms with Gasteiger partial charge in [-0.3, -0.25) is 4.79 Å². The van der Waals surface area contributed by atoms with Crippen LogP contribution in [-0.2, 0) is 11.2 Å². The van der Waals surface area contributed by atoms with E-state index in [1.165, 1.54) is 5.56 Å². The molecule has 0 bridgehead atoms. The van der Waals surface area contributed by atoms with Crippen LogP contribution in [0.25, 0.3) is 11.6 Å². The molecule has 0 atom stereocenters. The van der Waals surface area contributed by atoms with E-state index in [0.717, 1.165) is 23.2 Å². The van der Waals surface area contributed by atoms with Crippen molar-refractivity contribution in [2.45, 2.75) is 13.3 Å². The van der Waals surface area contributed by atoms with E-state index in [0.29, 0.717) is 5.57 Å². The number of hydrogen-bond acceptors (Lipinski definition) is 1. The SMILES string of the molecule is CCc1ccc(NC(=O)/C(=C/c2ccccc2)c2ccccc2)cc1. The van der Waals surface area contributed by atoms with Gasteiger partial charge in [-0.2, -0.15) is 0 Å². The Bertz CT molecular complexity index is 850. The van der Waals surface area contributed by atoms with Crippen LogP contribution in [0.15, 0.2) is 84.9 Å². The Hall–Kier alpha value is -3.13. The third-order valence-corrected chi connectivity index (χ3v) is 4.06. The number of carbonyl (C=O) groups excluding carboxylic acids is 1. The predicted molar refractivity (Wildman–Crippen MR) is 105 cm³/mol. The molecule has 0 heterocycles. The van der Waals surface area contributed by atoms with E-state index in [-0.39, 0.29) is 5.91 Å². The van der Waals surface area contributed by atoms with Gasteiger partial charge in [0.1, 0.15) is 0 Å². The maximum absolute atomic E-state index is 12.9. The van der Waals surface area contributed by atoms with Crippen LogP contribution in [0.1, 0.15) is 23.6 Å². The van der Waals surface area contributed by atoms with E-state index in [1.54, 1.807) is 0 Å². The van der Waals surface area contributed by atoms with Crippen LogP contribution >= 0.6 is 0 Å². The van der Waals surface area contributed by atoms with Crippen LogP contribution in [-0.4, -0.2) is 5.91 Å². The monoisotopic (exact) mass is 327 g/mol. The third-order valence-electron chi connectivity index (χ3n) is 4.06. The van der Waals surface area contributed by atoms with Crippen LogP contribution in [0.4, 0.5) is 5.69 Å². The van der Waals surface area contributed by atoms with Crippen molar-refractivity contribution in [2.24, 2.45) is 0 Å². The molecule has 3 rings (SSSR count). The second-order valence-electron chi connectivity index (χ2n) is 5.84. The lowest BCUT2D eigenvalue weighted by Gasteiger charge is -2.10. The van der Waals surface area contributed by atoms with E-state index in [9.17, 15) is 4.79 Å². The van der Waals surface area contributed by atoms with Crippen molar-refractivity contribution >= 4 is 23.2 Å². The second kappa shape index (κ2) is 8.11. The Morgan fingerprint density at radius 3 is 2.04 bits per heavy atom. The van der Waals surface area contributed by atoms with Crippen LogP contribution < -0.4 is 5.32 Å². The van der Waals surface area contributed by atoms with Crippen molar-refractivity contribution in [3.8, 4) is 0 Å². The molecule has 0 saturated heterocycles. The first-order chi connectivity index (χ1) is 12.3. The maximum Gasteiger partial charge on any atom is 0.256 e. The van der Waals surface area contributed by atoms with E-state index in [4.69, 9.17) is 0 Å². The highest BCUT2D eigenvalue weighted by Crippen LogP contribution is 2.21. The zero-order chi connectivity index (χ0) is 17.5. The Balaban J connectivity index is 1.91. The van der Waals surface area contributed by atoms with Crippen molar-refractivity contribution in [1.82, 2.24) is 0 Å². The molecule has 124 valence electrons. The first-order valence-electron chi connectivity index (χ1n) is 8.48. The average molecular weight is 327 g/mol. The van der Waals surface area contributed by atoms with Crippen molar-refractivity contribution < 1.29 is 4.79 Å². The summed E-state index contributed by atoms with van der Waals surface area (Å²) in [4.78, 5) is 12.9. The summed E-state index contributed by atoms with van der Waals surface area (Å²) >= 11 is 0. The average Bonchev–Trinajstić information content (AvgIpc) is 2.68. The van der Waals surface area contributed by atoms with Gasteiger partial charge in [-0.05, 0) is 41.3 Å². The fraction of sp³-hybridized carbons (Fsp3) is 0.0870. The number of carbonyl (C=O) groups is 1. The van der Waals surface area contributed by atoms with Crippen molar-refractivity contribution in [2.75, 3.05) is 5.32 Å². The Morgan fingerprint density at radius 2 is 1.44 bits per heavy atom. The summed E-state index contributed by atoms with van der Waals surface area (Å²) in [5.41, 5.74) is 4.59. The normalized spacial score (nSPS) is 11.2. The van der Waals surface area contributed by atoms with Crippen LogP contribution in [0.2, 0.25) is 0 Å². The zero-order valence-corrected chi connectivity index (χ0v) is 14.3. The van der Waals surface area contributed by atoms with Crippen LogP contribution in [0, 0.1) is 0 Å². The lowest BCUT2D eigenvalue weighted by atomic mass is 10.0. The van der Waals surface area contributed by atoms with Gasteiger partial charge in [0.25, 0.3) is 5.91 Å². The van der Waals surface area contributed by atoms with Gasteiger partial charge < -0.3 is 5.32 Å². The molecular formula is C23H21NO. The van der Waals surface area contributed by atoms with Gasteiger partial charge in [-0.25, -0.2) is 0 Å². The zero-order valence-electron chi connectivity index (χ0n) is 14.3. The van der Waals surface area contributed by atoms with Crippen molar-refractivity contribution in [3.63, 3.8) is 0 Å². The molecule has 0 radical (unpaired) electrons. The number of rotatable bonds is 5. The molecule has 0 unspecified atom stereocenters. The molecule has 3 aromatic rings. The maximum atomic E-state index is 12.9. The summed E-state index contributed by atoms with van der Waals surface area (Å²) in [6.45, 7) is 2.11. The summed E-state index contributed by atoms with van der Waals surface area (Å²) in [6.07, 6.45) is 2.91. The van der Waals surface area contributed by atoms with Crippen molar-refractivity contribution in [1.29, 1.82) is 0 Å². The molecule has 1 N–H and O–H groups in total. The molecule has 0 spiro atoms. The van der Waals surface area contributed by atoms with Gasteiger partial charge in [0, 0.05) is 11.3 Å². The van der Waals surface area contributed by atoms with Crippen LogP contribution in [0.3, 0.4) is 0 Å². The Morgan fingerprint density at radius 1 is 0.840 bits per heavy atom. The van der Waals surface area contributed by atoms with E-state index in [1.807, 2.05) is 91.0 Å². The number of benzene rings is 3. The summed E-state index contributed by atoms with van der Waals surface area (Å²) < 4.78 is 0. The third kappa shape index (κ3) is 4.45. The van der Waals surface area contributed by atoms with E-state index < -0.39 is 0 Å². The highest BCUT2D eigenvalue weighted by Gasteiger charge is 2.12. The first-order valence-corrected chi connectivity index (χ1v) is 8.48.